The van der Waals surface area contributed by atoms with Crippen LogP contribution in [0.3, 0.4) is 0 Å². The molecule has 0 bridgehead atoms. The van der Waals surface area contributed by atoms with Crippen LogP contribution in [0.4, 0.5) is 34.1 Å². The molecule has 0 fully saturated rings. The third-order valence-corrected chi connectivity index (χ3v) is 9.14. The lowest BCUT2D eigenvalue weighted by Crippen LogP contribution is -2.11. The molecule has 0 spiro atoms. The Labute approximate surface area is 277 Å². The third-order valence-electron chi connectivity index (χ3n) is 9.14. The maximum atomic E-state index is 6.70. The lowest BCUT2D eigenvalue weighted by atomic mass is 10.1. The van der Waals surface area contributed by atoms with Crippen LogP contribution >= 0.6 is 0 Å². The molecule has 3 aromatic heterocycles. The van der Waals surface area contributed by atoms with Crippen molar-refractivity contribution in [3.8, 4) is 0 Å². The Bertz CT molecular complexity index is 2600. The number of aromatic nitrogens is 1. The van der Waals surface area contributed by atoms with Crippen LogP contribution in [0.15, 0.2) is 161 Å². The standard InChI is InChI=1S/C43H31N3O2/c1-28-13-9-11-19-36(28)45(30-15-5-3-6-16-30)32-21-23-34-38(25-32)47-40-27-44-42-35-24-22-33(26-39(35)48-43(42)41(34)40)46(31-17-7-4-8-18-31)37-20-12-10-14-29(37)2/h3-27H,1-2H3. The van der Waals surface area contributed by atoms with Crippen LogP contribution in [0.2, 0.25) is 0 Å². The van der Waals surface area contributed by atoms with Crippen molar-refractivity contribution in [2.24, 2.45) is 0 Å². The predicted octanol–water partition coefficient (Wildman–Crippen LogP) is 12.4. The molecular formula is C43H31N3O2. The normalized spacial score (nSPS) is 11.5. The number of rotatable bonds is 6. The summed E-state index contributed by atoms with van der Waals surface area (Å²) in [5.74, 6) is 0. The molecule has 9 aromatic rings. The van der Waals surface area contributed by atoms with Crippen LogP contribution < -0.4 is 9.80 Å². The molecule has 3 heterocycles. The fourth-order valence-electron chi connectivity index (χ4n) is 6.84. The van der Waals surface area contributed by atoms with Gasteiger partial charge in [-0.3, -0.25) is 0 Å². The topological polar surface area (TPSA) is 45.7 Å². The molecule has 5 heteroatoms. The van der Waals surface area contributed by atoms with Gasteiger partial charge in [-0.1, -0.05) is 72.8 Å². The summed E-state index contributed by atoms with van der Waals surface area (Å²) in [6.07, 6.45) is 1.82. The first kappa shape index (κ1) is 27.9. The van der Waals surface area contributed by atoms with E-state index in [0.717, 1.165) is 72.5 Å². The zero-order valence-corrected chi connectivity index (χ0v) is 26.6. The number of hydrogen-bond acceptors (Lipinski definition) is 5. The first-order chi connectivity index (χ1) is 23.6. The lowest BCUT2D eigenvalue weighted by molar-refractivity contribution is 0.660. The number of pyridine rings is 1. The molecule has 0 aliphatic carbocycles. The van der Waals surface area contributed by atoms with Crippen molar-refractivity contribution in [1.29, 1.82) is 0 Å². The number of para-hydroxylation sites is 4. The van der Waals surface area contributed by atoms with Gasteiger partial charge in [-0.05, 0) is 85.6 Å². The SMILES string of the molecule is Cc1ccccc1N(c1ccccc1)c1ccc2c(c1)oc1c2ncc2oc3cc(N(c4ccccc4)c4ccccc4C)ccc3c21. The van der Waals surface area contributed by atoms with E-state index in [1.54, 1.807) is 0 Å². The third kappa shape index (κ3) is 4.51. The summed E-state index contributed by atoms with van der Waals surface area (Å²) in [6, 6.07) is 50.5. The molecular weight excluding hydrogens is 590 g/mol. The molecule has 0 radical (unpaired) electrons. The van der Waals surface area contributed by atoms with Gasteiger partial charge in [0.2, 0.25) is 0 Å². The highest BCUT2D eigenvalue weighted by atomic mass is 16.3. The highest BCUT2D eigenvalue weighted by Gasteiger charge is 2.22. The van der Waals surface area contributed by atoms with Crippen molar-refractivity contribution < 1.29 is 8.83 Å². The Morgan fingerprint density at radius 2 is 0.958 bits per heavy atom. The van der Waals surface area contributed by atoms with Crippen LogP contribution in [-0.2, 0) is 0 Å². The van der Waals surface area contributed by atoms with Gasteiger partial charge in [-0.2, -0.15) is 0 Å². The molecule has 0 unspecified atom stereocenters. The molecule has 0 aliphatic rings. The summed E-state index contributed by atoms with van der Waals surface area (Å²) in [5.41, 5.74) is 12.6. The monoisotopic (exact) mass is 621 g/mol. The van der Waals surface area contributed by atoms with Crippen molar-refractivity contribution in [2.45, 2.75) is 13.8 Å². The summed E-state index contributed by atoms with van der Waals surface area (Å²) < 4.78 is 13.2. The molecule has 0 saturated heterocycles. The molecule has 9 rings (SSSR count). The number of nitrogens with zero attached hydrogens (tertiary/aromatic N) is 3. The summed E-state index contributed by atoms with van der Waals surface area (Å²) in [4.78, 5) is 9.39. The summed E-state index contributed by atoms with van der Waals surface area (Å²) >= 11 is 0. The molecule has 5 nitrogen and oxygen atoms in total. The summed E-state index contributed by atoms with van der Waals surface area (Å²) in [6.45, 7) is 4.28. The first-order valence-corrected chi connectivity index (χ1v) is 16.1. The first-order valence-electron chi connectivity index (χ1n) is 16.1. The van der Waals surface area contributed by atoms with Gasteiger partial charge in [0.25, 0.3) is 0 Å². The molecule has 0 saturated carbocycles. The van der Waals surface area contributed by atoms with Crippen LogP contribution in [0.25, 0.3) is 44.0 Å². The second kappa shape index (κ2) is 11.2. The number of fused-ring (bicyclic) bond motifs is 7. The Balaban J connectivity index is 1.20. The summed E-state index contributed by atoms with van der Waals surface area (Å²) in [7, 11) is 0. The number of hydrogen-bond donors (Lipinski definition) is 0. The minimum absolute atomic E-state index is 0.696. The van der Waals surface area contributed by atoms with E-state index in [2.05, 4.69) is 157 Å². The Morgan fingerprint density at radius 1 is 0.458 bits per heavy atom. The minimum atomic E-state index is 0.696. The highest BCUT2D eigenvalue weighted by Crippen LogP contribution is 2.44. The minimum Gasteiger partial charge on any atom is -0.454 e. The van der Waals surface area contributed by atoms with Crippen molar-refractivity contribution in [3.63, 3.8) is 0 Å². The van der Waals surface area contributed by atoms with Crippen LogP contribution in [0.1, 0.15) is 11.1 Å². The zero-order chi connectivity index (χ0) is 32.2. The molecule has 0 amide bonds. The maximum Gasteiger partial charge on any atom is 0.165 e. The van der Waals surface area contributed by atoms with Crippen LogP contribution in [0.5, 0.6) is 0 Å². The van der Waals surface area contributed by atoms with E-state index in [0.29, 0.717) is 5.58 Å². The molecule has 230 valence electrons. The van der Waals surface area contributed by atoms with Crippen LogP contribution in [-0.4, -0.2) is 4.98 Å². The van der Waals surface area contributed by atoms with E-state index in [-0.39, 0.29) is 0 Å². The van der Waals surface area contributed by atoms with E-state index < -0.39 is 0 Å². The molecule has 0 aliphatic heterocycles. The van der Waals surface area contributed by atoms with Crippen molar-refractivity contribution in [1.82, 2.24) is 4.98 Å². The van der Waals surface area contributed by atoms with Gasteiger partial charge in [0, 0.05) is 57.0 Å². The van der Waals surface area contributed by atoms with E-state index >= 15 is 0 Å². The second-order valence-electron chi connectivity index (χ2n) is 12.2. The van der Waals surface area contributed by atoms with Gasteiger partial charge in [-0.15, -0.1) is 0 Å². The molecule has 0 atom stereocenters. The van der Waals surface area contributed by atoms with E-state index in [1.807, 2.05) is 18.3 Å². The average molecular weight is 622 g/mol. The zero-order valence-electron chi connectivity index (χ0n) is 26.6. The van der Waals surface area contributed by atoms with Gasteiger partial charge in [0.05, 0.1) is 11.6 Å². The van der Waals surface area contributed by atoms with E-state index in [4.69, 9.17) is 13.8 Å². The second-order valence-corrected chi connectivity index (χ2v) is 12.2. The number of benzene rings is 6. The quantitative estimate of drug-likeness (QED) is 0.185. The highest BCUT2D eigenvalue weighted by molar-refractivity contribution is 6.21. The fraction of sp³-hybridized carbons (Fsp3) is 0.0465. The van der Waals surface area contributed by atoms with Crippen molar-refractivity contribution >= 4 is 78.1 Å². The smallest absolute Gasteiger partial charge is 0.165 e. The summed E-state index contributed by atoms with van der Waals surface area (Å²) in [5, 5.41) is 2.89. The van der Waals surface area contributed by atoms with Crippen molar-refractivity contribution in [2.75, 3.05) is 9.80 Å². The Kier molecular flexibility index (Phi) is 6.51. The van der Waals surface area contributed by atoms with E-state index in [1.165, 1.54) is 11.1 Å². The predicted molar refractivity (Wildman–Crippen MR) is 198 cm³/mol. The Morgan fingerprint density at radius 3 is 1.52 bits per heavy atom. The number of furan rings is 2. The molecule has 0 N–H and O–H groups in total. The van der Waals surface area contributed by atoms with Gasteiger partial charge in [-0.25, -0.2) is 4.98 Å². The van der Waals surface area contributed by atoms with E-state index in [9.17, 15) is 0 Å². The van der Waals surface area contributed by atoms with Crippen molar-refractivity contribution in [3.05, 3.63) is 163 Å². The Hall–Kier alpha value is -6.33. The van der Waals surface area contributed by atoms with Crippen LogP contribution in [0, 0.1) is 13.8 Å². The van der Waals surface area contributed by atoms with Gasteiger partial charge >= 0.3 is 0 Å². The van der Waals surface area contributed by atoms with Gasteiger partial charge < -0.3 is 18.6 Å². The van der Waals surface area contributed by atoms with Gasteiger partial charge in [0.15, 0.2) is 11.2 Å². The lowest BCUT2D eigenvalue weighted by Gasteiger charge is -2.26. The average Bonchev–Trinajstić information content (AvgIpc) is 3.69. The van der Waals surface area contributed by atoms with Gasteiger partial charge in [0.1, 0.15) is 16.7 Å². The molecule has 6 aromatic carbocycles. The fourth-order valence-corrected chi connectivity index (χ4v) is 6.84. The largest absolute Gasteiger partial charge is 0.454 e. The maximum absolute atomic E-state index is 6.70. The number of aryl methyl sites for hydroxylation is 2. The molecule has 48 heavy (non-hydrogen) atoms. The number of anilines is 6.